The zero-order valence-corrected chi connectivity index (χ0v) is 7.93. The Morgan fingerprint density at radius 1 is 1.75 bits per heavy atom. The van der Waals surface area contributed by atoms with Gasteiger partial charge in [0.2, 0.25) is 0 Å². The fraction of sp³-hybridized carbons (Fsp3) is 0.556. The van der Waals surface area contributed by atoms with Gasteiger partial charge in [-0.3, -0.25) is 0 Å². The van der Waals surface area contributed by atoms with E-state index in [1.54, 1.807) is 11.3 Å². The Morgan fingerprint density at radius 2 is 2.58 bits per heavy atom. The summed E-state index contributed by atoms with van der Waals surface area (Å²) in [4.78, 5) is 1.33. The van der Waals surface area contributed by atoms with E-state index >= 15 is 0 Å². The number of hydrogen-bond donors (Lipinski definition) is 1. The predicted molar refractivity (Wildman–Crippen MR) is 50.4 cm³/mol. The van der Waals surface area contributed by atoms with Gasteiger partial charge in [-0.1, -0.05) is 0 Å². The van der Waals surface area contributed by atoms with Crippen molar-refractivity contribution < 1.29 is 4.74 Å². The van der Waals surface area contributed by atoms with E-state index in [0.717, 1.165) is 13.0 Å². The molecule has 2 rings (SSSR count). The molecule has 2 heterocycles. The summed E-state index contributed by atoms with van der Waals surface area (Å²) in [6, 6.07) is 2.28. The molecule has 1 aromatic heterocycles. The number of hydrogen-bond acceptors (Lipinski definition) is 3. The van der Waals surface area contributed by atoms with Crippen molar-refractivity contribution in [1.82, 2.24) is 0 Å². The molecule has 12 heavy (non-hydrogen) atoms. The molecule has 0 spiro atoms. The SMILES string of the molecule is CC(N)[C@@H]1OCCc2ccsc21. The zero-order valence-electron chi connectivity index (χ0n) is 7.12. The van der Waals surface area contributed by atoms with Gasteiger partial charge in [0, 0.05) is 10.9 Å². The molecule has 66 valence electrons. The summed E-state index contributed by atoms with van der Waals surface area (Å²) < 4.78 is 5.61. The lowest BCUT2D eigenvalue weighted by molar-refractivity contribution is 0.0315. The van der Waals surface area contributed by atoms with Crippen LogP contribution in [0.5, 0.6) is 0 Å². The van der Waals surface area contributed by atoms with Crippen molar-refractivity contribution in [3.05, 3.63) is 21.9 Å². The largest absolute Gasteiger partial charge is 0.371 e. The maximum Gasteiger partial charge on any atom is 0.107 e. The molecule has 0 bridgehead atoms. The van der Waals surface area contributed by atoms with E-state index in [2.05, 4.69) is 11.4 Å². The molecule has 0 radical (unpaired) electrons. The third-order valence-electron chi connectivity index (χ3n) is 2.19. The molecule has 1 aliphatic rings. The van der Waals surface area contributed by atoms with Crippen LogP contribution in [0.1, 0.15) is 23.5 Å². The van der Waals surface area contributed by atoms with Gasteiger partial charge >= 0.3 is 0 Å². The monoisotopic (exact) mass is 183 g/mol. The number of thiophene rings is 1. The standard InChI is InChI=1S/C9H13NOS/c1-6(10)8-9-7(2-4-11-8)3-5-12-9/h3,5-6,8H,2,4,10H2,1H3/t6?,8-/m0/s1. The Hall–Kier alpha value is -0.380. The zero-order chi connectivity index (χ0) is 8.55. The van der Waals surface area contributed by atoms with Crippen LogP contribution in [-0.4, -0.2) is 12.6 Å². The van der Waals surface area contributed by atoms with Gasteiger partial charge in [-0.2, -0.15) is 0 Å². The van der Waals surface area contributed by atoms with Crippen molar-refractivity contribution in [3.63, 3.8) is 0 Å². The third-order valence-corrected chi connectivity index (χ3v) is 3.21. The lowest BCUT2D eigenvalue weighted by Gasteiger charge is -2.25. The van der Waals surface area contributed by atoms with Gasteiger partial charge in [0.15, 0.2) is 0 Å². The van der Waals surface area contributed by atoms with Crippen LogP contribution in [0, 0.1) is 0 Å². The van der Waals surface area contributed by atoms with Crippen molar-refractivity contribution in [1.29, 1.82) is 0 Å². The number of fused-ring (bicyclic) bond motifs is 1. The molecule has 0 amide bonds. The number of nitrogens with two attached hydrogens (primary N) is 1. The van der Waals surface area contributed by atoms with Crippen LogP contribution in [0.2, 0.25) is 0 Å². The summed E-state index contributed by atoms with van der Waals surface area (Å²) in [7, 11) is 0. The number of ether oxygens (including phenoxy) is 1. The highest BCUT2D eigenvalue weighted by Crippen LogP contribution is 2.32. The molecule has 0 saturated carbocycles. The van der Waals surface area contributed by atoms with Crippen LogP contribution in [0.15, 0.2) is 11.4 Å². The average molecular weight is 183 g/mol. The molecule has 1 aromatic rings. The first-order chi connectivity index (χ1) is 5.79. The fourth-order valence-electron chi connectivity index (χ4n) is 1.57. The predicted octanol–water partition coefficient (Wildman–Crippen LogP) is 1.71. The Bertz CT molecular complexity index is 269. The second-order valence-corrected chi connectivity index (χ2v) is 4.16. The van der Waals surface area contributed by atoms with E-state index in [-0.39, 0.29) is 12.1 Å². The van der Waals surface area contributed by atoms with Crippen LogP contribution in [0.4, 0.5) is 0 Å². The minimum atomic E-state index is 0.0997. The molecule has 1 aliphatic heterocycles. The van der Waals surface area contributed by atoms with E-state index in [4.69, 9.17) is 10.5 Å². The van der Waals surface area contributed by atoms with Gasteiger partial charge in [-0.25, -0.2) is 0 Å². The van der Waals surface area contributed by atoms with Gasteiger partial charge in [0.1, 0.15) is 6.10 Å². The quantitative estimate of drug-likeness (QED) is 0.719. The summed E-state index contributed by atoms with van der Waals surface area (Å²) in [6.07, 6.45) is 1.18. The normalized spacial score (nSPS) is 25.0. The minimum Gasteiger partial charge on any atom is -0.371 e. The first-order valence-corrected chi connectivity index (χ1v) is 5.10. The summed E-state index contributed by atoms with van der Waals surface area (Å²) in [5, 5.41) is 2.12. The molecule has 2 atom stereocenters. The van der Waals surface area contributed by atoms with Gasteiger partial charge < -0.3 is 10.5 Å². The lowest BCUT2D eigenvalue weighted by Crippen LogP contribution is -2.30. The van der Waals surface area contributed by atoms with Crippen LogP contribution >= 0.6 is 11.3 Å². The molecule has 0 aliphatic carbocycles. The highest BCUT2D eigenvalue weighted by Gasteiger charge is 2.24. The van der Waals surface area contributed by atoms with Crippen LogP contribution in [-0.2, 0) is 11.2 Å². The van der Waals surface area contributed by atoms with Crippen molar-refractivity contribution in [2.75, 3.05) is 6.61 Å². The number of rotatable bonds is 1. The van der Waals surface area contributed by atoms with Gasteiger partial charge in [0.05, 0.1) is 6.61 Å². The van der Waals surface area contributed by atoms with E-state index in [1.807, 2.05) is 6.92 Å². The van der Waals surface area contributed by atoms with Crippen LogP contribution < -0.4 is 5.73 Å². The maximum absolute atomic E-state index is 5.82. The van der Waals surface area contributed by atoms with Crippen molar-refractivity contribution >= 4 is 11.3 Å². The van der Waals surface area contributed by atoms with Crippen molar-refractivity contribution in [2.24, 2.45) is 5.73 Å². The van der Waals surface area contributed by atoms with Crippen LogP contribution in [0.25, 0.3) is 0 Å². The molecule has 2 nitrogen and oxygen atoms in total. The Labute approximate surface area is 76.3 Å². The summed E-state index contributed by atoms with van der Waals surface area (Å²) in [5.41, 5.74) is 7.25. The van der Waals surface area contributed by atoms with Crippen molar-refractivity contribution in [3.8, 4) is 0 Å². The molecule has 1 unspecified atom stereocenters. The smallest absolute Gasteiger partial charge is 0.107 e. The summed E-state index contributed by atoms with van der Waals surface area (Å²) >= 11 is 1.76. The van der Waals surface area contributed by atoms with E-state index in [0.29, 0.717) is 0 Å². The van der Waals surface area contributed by atoms with E-state index in [1.165, 1.54) is 10.4 Å². The van der Waals surface area contributed by atoms with Crippen LogP contribution in [0.3, 0.4) is 0 Å². The summed E-state index contributed by atoms with van der Waals surface area (Å²) in [6.45, 7) is 2.81. The molecule has 0 fully saturated rings. The topological polar surface area (TPSA) is 35.2 Å². The Kier molecular flexibility index (Phi) is 2.17. The molecule has 3 heteroatoms. The van der Waals surface area contributed by atoms with Gasteiger partial charge in [0.25, 0.3) is 0 Å². The first kappa shape index (κ1) is 8.23. The molecular formula is C9H13NOS. The first-order valence-electron chi connectivity index (χ1n) is 4.22. The molecular weight excluding hydrogens is 170 g/mol. The minimum absolute atomic E-state index is 0.0997. The second-order valence-electron chi connectivity index (χ2n) is 3.21. The van der Waals surface area contributed by atoms with Crippen molar-refractivity contribution in [2.45, 2.75) is 25.5 Å². The highest BCUT2D eigenvalue weighted by atomic mass is 32.1. The average Bonchev–Trinajstić information content (AvgIpc) is 2.49. The van der Waals surface area contributed by atoms with Gasteiger partial charge in [-0.05, 0) is 30.4 Å². The molecule has 0 aromatic carbocycles. The Balaban J connectivity index is 2.31. The van der Waals surface area contributed by atoms with E-state index in [9.17, 15) is 0 Å². The van der Waals surface area contributed by atoms with E-state index < -0.39 is 0 Å². The second kappa shape index (κ2) is 3.17. The Morgan fingerprint density at radius 3 is 3.33 bits per heavy atom. The molecule has 0 saturated heterocycles. The highest BCUT2D eigenvalue weighted by molar-refractivity contribution is 7.10. The van der Waals surface area contributed by atoms with Gasteiger partial charge in [-0.15, -0.1) is 11.3 Å². The lowest BCUT2D eigenvalue weighted by atomic mass is 10.0. The molecule has 2 N–H and O–H groups in total. The fourth-order valence-corrected chi connectivity index (χ4v) is 2.68. The maximum atomic E-state index is 5.82. The third kappa shape index (κ3) is 1.28. The summed E-state index contributed by atoms with van der Waals surface area (Å²) in [5.74, 6) is 0.